The van der Waals surface area contributed by atoms with Gasteiger partial charge in [0.05, 0.1) is 30.3 Å². The Morgan fingerprint density at radius 2 is 1.88 bits per heavy atom. The minimum Gasteiger partial charge on any atom is -0.460 e. The van der Waals surface area contributed by atoms with Crippen molar-refractivity contribution in [2.75, 3.05) is 20.2 Å². The summed E-state index contributed by atoms with van der Waals surface area (Å²) < 4.78 is 25.7. The number of methoxy groups -OCH3 is 1. The lowest BCUT2D eigenvalue weighted by molar-refractivity contribution is -0.172. The summed E-state index contributed by atoms with van der Waals surface area (Å²) in [6.45, 7) is 9.47. The molecular formula is C35H48FN3O4. The van der Waals surface area contributed by atoms with E-state index >= 15 is 0 Å². The van der Waals surface area contributed by atoms with E-state index in [1.165, 1.54) is 0 Å². The predicted octanol–water partition coefficient (Wildman–Crippen LogP) is 6.81. The molecule has 43 heavy (non-hydrogen) atoms. The first kappa shape index (κ1) is 32.9. The van der Waals surface area contributed by atoms with Crippen molar-refractivity contribution in [3.63, 3.8) is 0 Å². The van der Waals surface area contributed by atoms with Gasteiger partial charge in [0.15, 0.2) is 11.6 Å². The third-order valence-electron chi connectivity index (χ3n) is 9.41. The van der Waals surface area contributed by atoms with E-state index in [1.54, 1.807) is 7.11 Å². The van der Waals surface area contributed by atoms with Crippen LogP contribution in [0.1, 0.15) is 94.2 Å². The van der Waals surface area contributed by atoms with Gasteiger partial charge in [-0.2, -0.15) is 0 Å². The zero-order valence-electron chi connectivity index (χ0n) is 26.5. The molecule has 1 saturated carbocycles. The minimum atomic E-state index is -0.485. The van der Waals surface area contributed by atoms with Crippen LogP contribution in [0.3, 0.4) is 0 Å². The Kier molecular flexibility index (Phi) is 11.6. The highest BCUT2D eigenvalue weighted by Gasteiger charge is 2.53. The summed E-state index contributed by atoms with van der Waals surface area (Å²) in [5.74, 6) is -0.627. The molecule has 1 aliphatic carbocycles. The summed E-state index contributed by atoms with van der Waals surface area (Å²) in [6, 6.07) is 3.92. The maximum absolute atomic E-state index is 14.1. The van der Waals surface area contributed by atoms with E-state index in [2.05, 4.69) is 34.4 Å². The molecule has 1 aromatic carbocycles. The number of hydrogen-bond acceptors (Lipinski definition) is 7. The molecule has 7 nitrogen and oxygen atoms in total. The molecule has 8 heteroatoms. The molecule has 0 amide bonds. The van der Waals surface area contributed by atoms with Gasteiger partial charge in [0, 0.05) is 31.1 Å². The quantitative estimate of drug-likeness (QED) is 0.164. The molecule has 1 spiro atoms. The van der Waals surface area contributed by atoms with Crippen LogP contribution in [-0.4, -0.2) is 54.1 Å². The van der Waals surface area contributed by atoms with Crippen LogP contribution in [0.25, 0.3) is 11.4 Å². The third kappa shape index (κ3) is 7.76. The second kappa shape index (κ2) is 15.2. The number of benzene rings is 1. The van der Waals surface area contributed by atoms with Crippen molar-refractivity contribution in [3.8, 4) is 11.4 Å². The number of hydrogen-bond donors (Lipinski definition) is 1. The molecule has 5 atom stereocenters. The zero-order chi connectivity index (χ0) is 31.0. The average molecular weight is 594 g/mol. The third-order valence-corrected chi connectivity index (χ3v) is 9.41. The first-order valence-electron chi connectivity index (χ1n) is 15.9. The highest BCUT2D eigenvalue weighted by atomic mass is 19.1. The van der Waals surface area contributed by atoms with Crippen molar-refractivity contribution in [1.29, 1.82) is 0 Å². The van der Waals surface area contributed by atoms with Gasteiger partial charge in [0.1, 0.15) is 11.9 Å². The van der Waals surface area contributed by atoms with E-state index in [4.69, 9.17) is 9.47 Å². The molecule has 1 aliphatic heterocycles. The largest absolute Gasteiger partial charge is 0.460 e. The normalized spacial score (nSPS) is 24.9. The van der Waals surface area contributed by atoms with Crippen LogP contribution < -0.4 is 5.32 Å². The Bertz CT molecular complexity index is 1260. The molecule has 2 fully saturated rings. The monoisotopic (exact) mass is 593 g/mol. The molecule has 2 aromatic rings. The summed E-state index contributed by atoms with van der Waals surface area (Å²) in [5.41, 5.74) is 3.18. The van der Waals surface area contributed by atoms with E-state index < -0.39 is 17.2 Å². The van der Waals surface area contributed by atoms with E-state index in [0.29, 0.717) is 25.2 Å². The van der Waals surface area contributed by atoms with Gasteiger partial charge in [-0.15, -0.1) is 0 Å². The average Bonchev–Trinajstić information content (AvgIpc) is 2.98. The molecule has 2 aliphatic rings. The SMILES string of the molecule is CCC=CCCCCC(CC)C(=O)OC1CNCCC12CC(=O)C(c1c(C)cc(-c3ncc(F)cn3)cc1C)C(OC)C2. The summed E-state index contributed by atoms with van der Waals surface area (Å²) >= 11 is 0. The van der Waals surface area contributed by atoms with Gasteiger partial charge in [-0.1, -0.05) is 32.4 Å². The number of ether oxygens (including phenoxy) is 2. The number of unbranched alkanes of at least 4 members (excludes halogenated alkanes) is 2. The number of piperidine rings is 1. The highest BCUT2D eigenvalue weighted by molar-refractivity contribution is 5.89. The number of Topliss-reactive ketones (excluding diaryl/α,β-unsaturated/α-hetero) is 1. The number of nitrogens with zero attached hydrogens (tertiary/aromatic N) is 2. The fourth-order valence-electron chi connectivity index (χ4n) is 7.09. The lowest BCUT2D eigenvalue weighted by Gasteiger charge is -2.49. The first-order valence-corrected chi connectivity index (χ1v) is 15.9. The van der Waals surface area contributed by atoms with Gasteiger partial charge in [-0.25, -0.2) is 14.4 Å². The van der Waals surface area contributed by atoms with Crippen molar-refractivity contribution < 1.29 is 23.5 Å². The van der Waals surface area contributed by atoms with Crippen LogP contribution in [0.5, 0.6) is 0 Å². The number of carbonyl (C=O) groups is 2. The molecule has 5 unspecified atom stereocenters. The van der Waals surface area contributed by atoms with Crippen LogP contribution in [0.2, 0.25) is 0 Å². The van der Waals surface area contributed by atoms with Gasteiger partial charge in [-0.05, 0) is 94.2 Å². The molecule has 0 bridgehead atoms. The predicted molar refractivity (Wildman–Crippen MR) is 166 cm³/mol. The number of nitrogens with one attached hydrogen (secondary N) is 1. The molecule has 234 valence electrons. The number of aryl methyl sites for hydroxylation is 2. The summed E-state index contributed by atoms with van der Waals surface area (Å²) in [7, 11) is 1.67. The standard InChI is InChI=1S/C35H48FN3O4/c1-6-8-9-10-11-12-13-25(7-2)34(41)43-30-22-37-15-14-35(30)18-28(40)32(29(19-35)42-5)31-23(3)16-26(17-24(31)4)33-38-20-27(36)21-39-33/h8-9,16-17,20-21,25,29-30,32,37H,6-7,10-15,18-19,22H2,1-5H3. The fraction of sp³-hybridized carbons (Fsp3) is 0.600. The fourth-order valence-corrected chi connectivity index (χ4v) is 7.09. The Morgan fingerprint density at radius 3 is 2.53 bits per heavy atom. The van der Waals surface area contributed by atoms with Crippen molar-refractivity contribution in [2.24, 2.45) is 11.3 Å². The van der Waals surface area contributed by atoms with Gasteiger partial charge >= 0.3 is 5.97 Å². The number of esters is 1. The van der Waals surface area contributed by atoms with Gasteiger partial charge in [0.2, 0.25) is 0 Å². The first-order chi connectivity index (χ1) is 20.7. The summed E-state index contributed by atoms with van der Waals surface area (Å²) in [6.07, 6.45) is 13.4. The molecule has 1 saturated heterocycles. The van der Waals surface area contributed by atoms with E-state index in [-0.39, 0.29) is 29.9 Å². The summed E-state index contributed by atoms with van der Waals surface area (Å²) in [5, 5.41) is 3.40. The lowest BCUT2D eigenvalue weighted by Crippen LogP contribution is -2.57. The molecule has 1 aromatic heterocycles. The number of aromatic nitrogens is 2. The lowest BCUT2D eigenvalue weighted by atomic mass is 9.61. The number of ketones is 1. The highest BCUT2D eigenvalue weighted by Crippen LogP contribution is 2.49. The van der Waals surface area contributed by atoms with E-state index in [9.17, 15) is 14.0 Å². The van der Waals surface area contributed by atoms with Crippen LogP contribution in [0.4, 0.5) is 4.39 Å². The zero-order valence-corrected chi connectivity index (χ0v) is 26.5. The maximum atomic E-state index is 14.1. The number of carbonyl (C=O) groups excluding carboxylic acids is 2. The Labute approximate surface area is 256 Å². The van der Waals surface area contributed by atoms with Gasteiger partial charge in [-0.3, -0.25) is 9.59 Å². The van der Waals surface area contributed by atoms with Crippen molar-refractivity contribution in [2.45, 2.75) is 104 Å². The van der Waals surface area contributed by atoms with E-state index in [1.807, 2.05) is 32.9 Å². The minimum absolute atomic E-state index is 0.116. The Hall–Kier alpha value is -2.97. The molecule has 1 N–H and O–H groups in total. The van der Waals surface area contributed by atoms with Crippen molar-refractivity contribution >= 4 is 11.8 Å². The molecule has 2 heterocycles. The second-order valence-corrected chi connectivity index (χ2v) is 12.4. The summed E-state index contributed by atoms with van der Waals surface area (Å²) in [4.78, 5) is 35.8. The Balaban J connectivity index is 1.50. The number of rotatable bonds is 12. The smallest absolute Gasteiger partial charge is 0.309 e. The Morgan fingerprint density at radius 1 is 1.16 bits per heavy atom. The van der Waals surface area contributed by atoms with Gasteiger partial charge < -0.3 is 14.8 Å². The van der Waals surface area contributed by atoms with Crippen LogP contribution in [0, 0.1) is 31.0 Å². The van der Waals surface area contributed by atoms with E-state index in [0.717, 1.165) is 86.1 Å². The van der Waals surface area contributed by atoms with Crippen molar-refractivity contribution in [1.82, 2.24) is 15.3 Å². The molecule has 0 radical (unpaired) electrons. The number of allylic oxidation sites excluding steroid dienone is 2. The maximum Gasteiger partial charge on any atom is 0.309 e. The number of halogens is 1. The van der Waals surface area contributed by atoms with Crippen molar-refractivity contribution in [3.05, 3.63) is 59.2 Å². The van der Waals surface area contributed by atoms with Crippen LogP contribution in [0.15, 0.2) is 36.7 Å². The van der Waals surface area contributed by atoms with Gasteiger partial charge in [0.25, 0.3) is 0 Å². The molecule has 4 rings (SSSR count). The second-order valence-electron chi connectivity index (χ2n) is 12.4. The molecular weight excluding hydrogens is 545 g/mol. The van der Waals surface area contributed by atoms with Crippen LogP contribution in [-0.2, 0) is 19.1 Å². The van der Waals surface area contributed by atoms with Crippen LogP contribution >= 0.6 is 0 Å². The topological polar surface area (TPSA) is 90.4 Å².